The average Bonchev–Trinajstić information content (AvgIpc) is 3.62. The lowest BCUT2D eigenvalue weighted by molar-refractivity contribution is -0.152. The summed E-state index contributed by atoms with van der Waals surface area (Å²) in [6.45, 7) is 21.7. The summed E-state index contributed by atoms with van der Waals surface area (Å²) in [5.41, 5.74) is 9.16. The van der Waals surface area contributed by atoms with Crippen molar-refractivity contribution in [2.75, 3.05) is 98.4 Å². The number of amides is 2. The predicted molar refractivity (Wildman–Crippen MR) is 262 cm³/mol. The maximum absolute atomic E-state index is 14.9. The highest BCUT2D eigenvalue weighted by Crippen LogP contribution is 2.43. The standard InChI is InChI=1S/C51H76N8O10/c1-12-58-41-16-15-36(25-37(41)39(26-51(7,8)31-68-33(3)60)45(58)38-24-34(35-28-55(9)29-35)27-52-43(38)32(2)64-10)57-20-23-67-42(30-57)46(56-18-21-66-22-19-56)44(53-49(63)69-50(4,5)6)47(61)59-17-13-14-40(54-59)48(62)65-11/h15-16,24-25,27,32,35,40,42,44,46,54H,12-14,17-23,26,28-31H2,1-11H3,(H,53,63)/t32-,40-,42+,44-,46+/m0/s1. The largest absolute Gasteiger partial charge is 0.468 e. The summed E-state index contributed by atoms with van der Waals surface area (Å²) in [4.78, 5) is 65.4. The Balaban J connectivity index is 1.31. The molecule has 18 nitrogen and oxygen atoms in total. The number of benzene rings is 1. The molecule has 3 aromatic rings. The number of hydrogen-bond acceptors (Lipinski definition) is 15. The molecule has 0 spiro atoms. The van der Waals surface area contributed by atoms with Crippen molar-refractivity contribution in [1.82, 2.24) is 35.1 Å². The van der Waals surface area contributed by atoms with Gasteiger partial charge >= 0.3 is 18.0 Å². The Hall–Kier alpha value is -4.85. The number of esters is 2. The topological polar surface area (TPSA) is 178 Å². The number of carbonyl (C=O) groups excluding carboxylic acids is 4. The molecule has 0 radical (unpaired) electrons. The van der Waals surface area contributed by atoms with Gasteiger partial charge in [-0.25, -0.2) is 10.2 Å². The van der Waals surface area contributed by atoms with E-state index in [-0.39, 0.29) is 18.7 Å². The third kappa shape index (κ3) is 12.2. The molecular weight excluding hydrogens is 885 g/mol. The minimum Gasteiger partial charge on any atom is -0.468 e. The van der Waals surface area contributed by atoms with Crippen LogP contribution in [0.4, 0.5) is 10.5 Å². The van der Waals surface area contributed by atoms with E-state index in [0.29, 0.717) is 84.3 Å². The van der Waals surface area contributed by atoms with E-state index in [1.165, 1.54) is 24.6 Å². The van der Waals surface area contributed by atoms with E-state index < -0.39 is 53.2 Å². The SMILES string of the molecule is CCn1c(-c2cc(C3CN(C)C3)cnc2[C@H](C)OC)c(CC(C)(C)COC(C)=O)c2cc(N3CCO[C@@H]([C@H]([C@H](NC(=O)OC(C)(C)C)C(=O)N4CCC[C@@H](C(=O)OC)N4)N4CCOCC4)C3)ccc21. The first kappa shape index (κ1) is 52.0. The molecule has 69 heavy (non-hydrogen) atoms. The number of carbonyl (C=O) groups is 4. The Labute approximate surface area is 407 Å². The zero-order chi connectivity index (χ0) is 49.8. The number of aryl methyl sites for hydroxylation is 1. The predicted octanol–water partition coefficient (Wildman–Crippen LogP) is 5.06. The lowest BCUT2D eigenvalue weighted by Gasteiger charge is -2.47. The fourth-order valence-corrected chi connectivity index (χ4v) is 10.3. The van der Waals surface area contributed by atoms with E-state index in [9.17, 15) is 19.2 Å². The molecule has 0 unspecified atom stereocenters. The van der Waals surface area contributed by atoms with E-state index >= 15 is 0 Å². The highest BCUT2D eigenvalue weighted by atomic mass is 16.6. The lowest BCUT2D eigenvalue weighted by atomic mass is 9.83. The Morgan fingerprint density at radius 1 is 0.986 bits per heavy atom. The normalized spacial score (nSPS) is 21.3. The zero-order valence-corrected chi connectivity index (χ0v) is 42.7. The van der Waals surface area contributed by atoms with Crippen LogP contribution in [0.2, 0.25) is 0 Å². The summed E-state index contributed by atoms with van der Waals surface area (Å²) in [6.07, 6.45) is 2.11. The molecule has 1 aromatic carbocycles. The Kier molecular flexibility index (Phi) is 16.6. The van der Waals surface area contributed by atoms with Crippen LogP contribution in [-0.2, 0) is 55.8 Å². The molecule has 4 fully saturated rings. The molecule has 2 amide bonds. The second kappa shape index (κ2) is 22.1. The second-order valence-electron chi connectivity index (χ2n) is 20.8. The molecule has 0 saturated carbocycles. The van der Waals surface area contributed by atoms with Gasteiger partial charge in [0.25, 0.3) is 5.91 Å². The van der Waals surface area contributed by atoms with E-state index in [1.54, 1.807) is 27.9 Å². The molecule has 6 heterocycles. The summed E-state index contributed by atoms with van der Waals surface area (Å²) in [5.74, 6) is -0.819. The zero-order valence-electron chi connectivity index (χ0n) is 42.7. The van der Waals surface area contributed by atoms with Crippen LogP contribution in [0.25, 0.3) is 22.2 Å². The first-order valence-electron chi connectivity index (χ1n) is 24.6. The van der Waals surface area contributed by atoms with Gasteiger partial charge in [-0.1, -0.05) is 13.8 Å². The number of ether oxygens (including phenoxy) is 6. The minimum atomic E-state index is -1.13. The quantitative estimate of drug-likeness (QED) is 0.144. The Bertz CT molecular complexity index is 2300. The van der Waals surface area contributed by atoms with Crippen molar-refractivity contribution in [3.8, 4) is 11.3 Å². The van der Waals surface area contributed by atoms with Crippen LogP contribution in [0.1, 0.15) is 97.1 Å². The van der Waals surface area contributed by atoms with Crippen molar-refractivity contribution in [3.05, 3.63) is 47.3 Å². The van der Waals surface area contributed by atoms with Crippen LogP contribution in [0.15, 0.2) is 30.5 Å². The van der Waals surface area contributed by atoms with Crippen molar-refractivity contribution >= 4 is 40.5 Å². The van der Waals surface area contributed by atoms with Gasteiger partial charge < -0.3 is 48.1 Å². The molecule has 2 aromatic heterocycles. The van der Waals surface area contributed by atoms with Gasteiger partial charge in [0.15, 0.2) is 0 Å². The number of alkyl carbamates (subject to hydrolysis) is 1. The van der Waals surface area contributed by atoms with Gasteiger partial charge in [0.2, 0.25) is 0 Å². The van der Waals surface area contributed by atoms with Crippen molar-refractivity contribution in [2.45, 2.75) is 123 Å². The van der Waals surface area contributed by atoms with Crippen LogP contribution in [0.5, 0.6) is 0 Å². The van der Waals surface area contributed by atoms with Crippen LogP contribution in [0.3, 0.4) is 0 Å². The highest BCUT2D eigenvalue weighted by molar-refractivity contribution is 5.95. The number of nitrogens with one attached hydrogen (secondary N) is 2. The number of likely N-dealkylation sites (N-methyl/N-ethyl adjacent to an activating group) is 1. The van der Waals surface area contributed by atoms with Gasteiger partial charge in [-0.05, 0) is 96.3 Å². The monoisotopic (exact) mass is 961 g/mol. The molecule has 4 saturated heterocycles. The fourth-order valence-electron chi connectivity index (χ4n) is 10.3. The van der Waals surface area contributed by atoms with Crippen molar-refractivity contribution in [3.63, 3.8) is 0 Å². The van der Waals surface area contributed by atoms with Crippen molar-refractivity contribution in [2.24, 2.45) is 5.41 Å². The summed E-state index contributed by atoms with van der Waals surface area (Å²) in [5, 5.41) is 5.49. The third-order valence-electron chi connectivity index (χ3n) is 13.8. The van der Waals surface area contributed by atoms with Gasteiger partial charge in [0.05, 0.1) is 63.2 Å². The Morgan fingerprint density at radius 3 is 2.38 bits per heavy atom. The number of hydrazine groups is 1. The fraction of sp³-hybridized carbons (Fsp3) is 0.667. The maximum Gasteiger partial charge on any atom is 0.408 e. The second-order valence-corrected chi connectivity index (χ2v) is 20.8. The smallest absolute Gasteiger partial charge is 0.408 e. The molecule has 7 rings (SSSR count). The van der Waals surface area contributed by atoms with Crippen molar-refractivity contribution in [1.29, 1.82) is 0 Å². The summed E-state index contributed by atoms with van der Waals surface area (Å²) in [7, 11) is 5.17. The third-order valence-corrected chi connectivity index (χ3v) is 13.8. The van der Waals surface area contributed by atoms with Gasteiger partial charge in [-0.15, -0.1) is 0 Å². The molecule has 18 heteroatoms. The van der Waals surface area contributed by atoms with Crippen LogP contribution in [-0.4, -0.2) is 172 Å². The number of hydrogen-bond donors (Lipinski definition) is 2. The number of likely N-dealkylation sites (tertiary alicyclic amines) is 1. The molecule has 4 aliphatic rings. The van der Waals surface area contributed by atoms with Crippen LogP contribution < -0.4 is 15.6 Å². The van der Waals surface area contributed by atoms with E-state index in [0.717, 1.165) is 52.2 Å². The summed E-state index contributed by atoms with van der Waals surface area (Å²) < 4.78 is 37.3. The van der Waals surface area contributed by atoms with Gasteiger partial charge in [-0.3, -0.25) is 29.3 Å². The van der Waals surface area contributed by atoms with Crippen LogP contribution >= 0.6 is 0 Å². The van der Waals surface area contributed by atoms with Gasteiger partial charge in [0.1, 0.15) is 17.7 Å². The summed E-state index contributed by atoms with van der Waals surface area (Å²) >= 11 is 0. The first-order valence-corrected chi connectivity index (χ1v) is 24.6. The van der Waals surface area contributed by atoms with E-state index in [4.69, 9.17) is 33.4 Å². The average molecular weight is 961 g/mol. The minimum absolute atomic E-state index is 0.246. The molecule has 0 aliphatic carbocycles. The van der Waals surface area contributed by atoms with Crippen molar-refractivity contribution < 1.29 is 47.6 Å². The highest BCUT2D eigenvalue weighted by Gasteiger charge is 2.46. The number of morpholine rings is 2. The molecule has 4 aliphatic heterocycles. The number of methoxy groups -OCH3 is 2. The van der Waals surface area contributed by atoms with Crippen LogP contribution in [0, 0.1) is 5.41 Å². The van der Waals surface area contributed by atoms with Gasteiger partial charge in [0, 0.05) is 106 Å². The first-order chi connectivity index (χ1) is 32.8. The molecule has 5 atom stereocenters. The molecule has 380 valence electrons. The summed E-state index contributed by atoms with van der Waals surface area (Å²) in [6, 6.07) is 6.43. The maximum atomic E-state index is 14.9. The number of fused-ring (bicyclic) bond motifs is 1. The number of anilines is 1. The molecule has 2 N–H and O–H groups in total. The molecular formula is C51H76N8O10. The Morgan fingerprint density at radius 2 is 1.72 bits per heavy atom. The van der Waals surface area contributed by atoms with Gasteiger partial charge in [-0.2, -0.15) is 0 Å². The number of aromatic nitrogens is 2. The number of pyridine rings is 1. The number of rotatable bonds is 16. The van der Waals surface area contributed by atoms with E-state index in [1.807, 2.05) is 13.1 Å². The lowest BCUT2D eigenvalue weighted by Crippen LogP contribution is -2.69. The van der Waals surface area contributed by atoms with E-state index in [2.05, 4.69) is 82.1 Å². The molecule has 0 bridgehead atoms. The number of nitrogens with zero attached hydrogens (tertiary/aromatic N) is 6.